The van der Waals surface area contributed by atoms with Crippen molar-refractivity contribution in [3.05, 3.63) is 88.8 Å². The molecule has 7 heteroatoms. The second kappa shape index (κ2) is 9.91. The summed E-state index contributed by atoms with van der Waals surface area (Å²) in [5, 5.41) is 0.307. The van der Waals surface area contributed by atoms with Gasteiger partial charge in [0, 0.05) is 6.07 Å². The number of hydrogen-bond acceptors (Lipinski definition) is 7. The second-order valence-corrected chi connectivity index (χ2v) is 7.15. The summed E-state index contributed by atoms with van der Waals surface area (Å²) < 4.78 is 27.5. The third kappa shape index (κ3) is 5.33. The molecule has 0 atom stereocenters. The molecular formula is C26H22O7. The largest absolute Gasteiger partial charge is 0.490 e. The molecule has 0 amide bonds. The monoisotopic (exact) mass is 446 g/mol. The standard InChI is InChI=1S/C26H22O7/c1-3-29-21-9-4-5-10-22(21)31-16-25(27)33-19-11-12-20-23(14-19)30-15-24(26(20)28)32-18-8-6-7-17(2)13-18/h4-15H,3,16H2,1-2H3. The maximum absolute atomic E-state index is 12.8. The minimum absolute atomic E-state index is 0.0687. The Morgan fingerprint density at radius 3 is 2.42 bits per heavy atom. The minimum Gasteiger partial charge on any atom is -0.490 e. The van der Waals surface area contributed by atoms with Crippen molar-refractivity contribution in [1.29, 1.82) is 0 Å². The summed E-state index contributed by atoms with van der Waals surface area (Å²) in [6.07, 6.45) is 1.24. The Bertz CT molecular complexity index is 1340. The summed E-state index contributed by atoms with van der Waals surface area (Å²) >= 11 is 0. The van der Waals surface area contributed by atoms with Crippen LogP contribution in [-0.2, 0) is 4.79 Å². The molecule has 0 fully saturated rings. The second-order valence-electron chi connectivity index (χ2n) is 7.15. The van der Waals surface area contributed by atoms with Crippen LogP contribution in [0.2, 0.25) is 0 Å². The molecule has 4 rings (SSSR count). The molecule has 7 nitrogen and oxygen atoms in total. The molecule has 4 aromatic rings. The quantitative estimate of drug-likeness (QED) is 0.269. The van der Waals surface area contributed by atoms with E-state index in [1.54, 1.807) is 24.3 Å². The van der Waals surface area contributed by atoms with Gasteiger partial charge in [-0.15, -0.1) is 0 Å². The molecule has 3 aromatic carbocycles. The molecule has 1 heterocycles. The van der Waals surface area contributed by atoms with Crippen molar-refractivity contribution in [3.8, 4) is 28.7 Å². The summed E-state index contributed by atoms with van der Waals surface area (Å²) in [7, 11) is 0. The van der Waals surface area contributed by atoms with E-state index in [9.17, 15) is 9.59 Å². The Labute approximate surface area is 190 Å². The van der Waals surface area contributed by atoms with Gasteiger partial charge >= 0.3 is 5.97 Å². The predicted octanol–water partition coefficient (Wildman–Crippen LogP) is 5.28. The van der Waals surface area contributed by atoms with Gasteiger partial charge in [0.25, 0.3) is 0 Å². The van der Waals surface area contributed by atoms with Crippen LogP contribution in [0.1, 0.15) is 12.5 Å². The Kier molecular flexibility index (Phi) is 6.59. The first kappa shape index (κ1) is 22.0. The number of benzene rings is 3. The zero-order chi connectivity index (χ0) is 23.2. The zero-order valence-electron chi connectivity index (χ0n) is 18.2. The van der Waals surface area contributed by atoms with Gasteiger partial charge in [0.05, 0.1) is 12.0 Å². The molecule has 33 heavy (non-hydrogen) atoms. The van der Waals surface area contributed by atoms with Crippen molar-refractivity contribution in [2.75, 3.05) is 13.2 Å². The molecule has 0 aliphatic heterocycles. The van der Waals surface area contributed by atoms with Crippen LogP contribution in [0.15, 0.2) is 82.2 Å². The van der Waals surface area contributed by atoms with Gasteiger partial charge in [-0.1, -0.05) is 24.3 Å². The average Bonchev–Trinajstić information content (AvgIpc) is 2.81. The summed E-state index contributed by atoms with van der Waals surface area (Å²) in [5.41, 5.74) is 0.950. The number of carbonyl (C=O) groups is 1. The fourth-order valence-electron chi connectivity index (χ4n) is 3.17. The average molecular weight is 446 g/mol. The van der Waals surface area contributed by atoms with Gasteiger partial charge in [0.1, 0.15) is 23.3 Å². The van der Waals surface area contributed by atoms with Crippen LogP contribution in [0, 0.1) is 6.92 Å². The third-order valence-corrected chi connectivity index (χ3v) is 4.66. The number of esters is 1. The minimum atomic E-state index is -0.609. The van der Waals surface area contributed by atoms with E-state index in [2.05, 4.69) is 0 Å². The number of rotatable bonds is 8. The molecular weight excluding hydrogens is 424 g/mol. The van der Waals surface area contributed by atoms with E-state index in [4.69, 9.17) is 23.4 Å². The first-order valence-corrected chi connectivity index (χ1v) is 10.4. The molecule has 0 radical (unpaired) electrons. The fraction of sp³-hybridized carbons (Fsp3) is 0.154. The van der Waals surface area contributed by atoms with E-state index in [0.29, 0.717) is 29.2 Å². The first-order chi connectivity index (χ1) is 16.0. The van der Waals surface area contributed by atoms with Gasteiger partial charge in [-0.2, -0.15) is 0 Å². The Hall–Kier alpha value is -4.26. The number of para-hydroxylation sites is 2. The SMILES string of the molecule is CCOc1ccccc1OCC(=O)Oc1ccc2c(=O)c(Oc3cccc(C)c3)coc2c1. The smallest absolute Gasteiger partial charge is 0.349 e. The lowest BCUT2D eigenvalue weighted by Crippen LogP contribution is -2.18. The highest BCUT2D eigenvalue weighted by atomic mass is 16.6. The normalized spacial score (nSPS) is 10.6. The van der Waals surface area contributed by atoms with Crippen LogP contribution >= 0.6 is 0 Å². The number of hydrogen-bond donors (Lipinski definition) is 0. The van der Waals surface area contributed by atoms with Crippen molar-refractivity contribution >= 4 is 16.9 Å². The molecule has 0 saturated carbocycles. The van der Waals surface area contributed by atoms with Crippen molar-refractivity contribution < 1.29 is 28.2 Å². The van der Waals surface area contributed by atoms with Crippen LogP contribution in [-0.4, -0.2) is 19.2 Å². The topological polar surface area (TPSA) is 84.2 Å². The van der Waals surface area contributed by atoms with E-state index < -0.39 is 5.97 Å². The van der Waals surface area contributed by atoms with E-state index in [-0.39, 0.29) is 29.1 Å². The highest BCUT2D eigenvalue weighted by Gasteiger charge is 2.13. The lowest BCUT2D eigenvalue weighted by molar-refractivity contribution is -0.136. The molecule has 0 aliphatic carbocycles. The van der Waals surface area contributed by atoms with Gasteiger partial charge in [0.2, 0.25) is 11.2 Å². The molecule has 0 saturated heterocycles. The predicted molar refractivity (Wildman–Crippen MR) is 122 cm³/mol. The third-order valence-electron chi connectivity index (χ3n) is 4.66. The van der Waals surface area contributed by atoms with E-state index >= 15 is 0 Å². The van der Waals surface area contributed by atoms with Crippen LogP contribution < -0.4 is 24.4 Å². The molecule has 0 unspecified atom stereocenters. The van der Waals surface area contributed by atoms with Gasteiger partial charge < -0.3 is 23.4 Å². The van der Waals surface area contributed by atoms with Crippen LogP contribution in [0.3, 0.4) is 0 Å². The first-order valence-electron chi connectivity index (χ1n) is 10.4. The van der Waals surface area contributed by atoms with Crippen molar-refractivity contribution in [2.24, 2.45) is 0 Å². The molecule has 0 spiro atoms. The molecule has 0 N–H and O–H groups in total. The molecule has 0 aliphatic rings. The van der Waals surface area contributed by atoms with E-state index in [1.807, 2.05) is 38.1 Å². The molecule has 168 valence electrons. The maximum atomic E-state index is 12.8. The van der Waals surface area contributed by atoms with Crippen LogP contribution in [0.4, 0.5) is 0 Å². The van der Waals surface area contributed by atoms with E-state index in [1.165, 1.54) is 24.5 Å². The van der Waals surface area contributed by atoms with E-state index in [0.717, 1.165) is 5.56 Å². The highest BCUT2D eigenvalue weighted by molar-refractivity contribution is 5.81. The molecule has 0 bridgehead atoms. The Morgan fingerprint density at radius 2 is 1.67 bits per heavy atom. The number of fused-ring (bicyclic) bond motifs is 1. The Balaban J connectivity index is 1.45. The lowest BCUT2D eigenvalue weighted by Gasteiger charge is -2.11. The van der Waals surface area contributed by atoms with Crippen molar-refractivity contribution in [1.82, 2.24) is 0 Å². The summed E-state index contributed by atoms with van der Waals surface area (Å²) in [4.78, 5) is 25.0. The molecule has 1 aromatic heterocycles. The number of aryl methyl sites for hydroxylation is 1. The maximum Gasteiger partial charge on any atom is 0.349 e. The van der Waals surface area contributed by atoms with Gasteiger partial charge in [-0.05, 0) is 55.8 Å². The number of carbonyl (C=O) groups excluding carboxylic acids is 1. The number of ether oxygens (including phenoxy) is 4. The zero-order valence-corrected chi connectivity index (χ0v) is 18.2. The fourth-order valence-corrected chi connectivity index (χ4v) is 3.17. The summed E-state index contributed by atoms with van der Waals surface area (Å²) in [6.45, 7) is 3.96. The van der Waals surface area contributed by atoms with Crippen LogP contribution in [0.5, 0.6) is 28.7 Å². The highest BCUT2D eigenvalue weighted by Crippen LogP contribution is 2.27. The summed E-state index contributed by atoms with van der Waals surface area (Å²) in [5.74, 6) is 1.22. The van der Waals surface area contributed by atoms with Gasteiger partial charge in [0.15, 0.2) is 18.1 Å². The van der Waals surface area contributed by atoms with Crippen LogP contribution in [0.25, 0.3) is 11.0 Å². The Morgan fingerprint density at radius 1 is 0.879 bits per heavy atom. The lowest BCUT2D eigenvalue weighted by atomic mass is 10.2. The van der Waals surface area contributed by atoms with Crippen molar-refractivity contribution in [2.45, 2.75) is 13.8 Å². The van der Waals surface area contributed by atoms with Crippen molar-refractivity contribution in [3.63, 3.8) is 0 Å². The summed E-state index contributed by atoms with van der Waals surface area (Å²) in [6, 6.07) is 18.9. The van der Waals surface area contributed by atoms with Gasteiger partial charge in [-0.25, -0.2) is 4.79 Å². The van der Waals surface area contributed by atoms with Gasteiger partial charge in [-0.3, -0.25) is 4.79 Å².